The van der Waals surface area contributed by atoms with Crippen molar-refractivity contribution in [2.24, 2.45) is 0 Å². The van der Waals surface area contributed by atoms with Crippen molar-refractivity contribution >= 4 is 5.82 Å². The van der Waals surface area contributed by atoms with Gasteiger partial charge in [0, 0.05) is 17.9 Å². The molecule has 1 aromatic carbocycles. The van der Waals surface area contributed by atoms with Gasteiger partial charge in [0.2, 0.25) is 0 Å². The van der Waals surface area contributed by atoms with Crippen LogP contribution in [-0.4, -0.2) is 35.6 Å². The number of hydrogen-bond acceptors (Lipinski definition) is 7. The Balaban J connectivity index is 1.25. The van der Waals surface area contributed by atoms with Gasteiger partial charge >= 0.3 is 18.0 Å². The zero-order valence-electron chi connectivity index (χ0n) is 15.3. The molecule has 0 saturated heterocycles. The maximum atomic E-state index is 12.6. The summed E-state index contributed by atoms with van der Waals surface area (Å²) in [6.07, 6.45) is -0.995. The number of fused-ring (bicyclic) bond motifs is 1. The van der Waals surface area contributed by atoms with Crippen LogP contribution in [0.4, 0.5) is 19.0 Å². The van der Waals surface area contributed by atoms with Crippen molar-refractivity contribution in [1.82, 2.24) is 24.5 Å². The average Bonchev–Trinajstić information content (AvgIpc) is 3.39. The normalized spacial score (nSPS) is 15.6. The number of halogens is 3. The van der Waals surface area contributed by atoms with Crippen LogP contribution in [0.25, 0.3) is 0 Å². The SMILES string of the molecule is O=[N+]([O-])c1cn2c(n1)O[C@H](CCn1cc(COc3ccc(C(F)(F)F)cc3)nn1)C2. The lowest BCUT2D eigenvalue weighted by atomic mass is 10.2. The Hall–Kier alpha value is -3.64. The maximum Gasteiger partial charge on any atom is 0.416 e. The summed E-state index contributed by atoms with van der Waals surface area (Å²) in [5.41, 5.74) is -0.225. The summed E-state index contributed by atoms with van der Waals surface area (Å²) < 4.78 is 51.9. The molecule has 2 aromatic heterocycles. The number of ether oxygens (including phenoxy) is 2. The topological polar surface area (TPSA) is 110 Å². The van der Waals surface area contributed by atoms with Crippen LogP contribution in [0.3, 0.4) is 0 Å². The highest BCUT2D eigenvalue weighted by atomic mass is 19.4. The van der Waals surface area contributed by atoms with E-state index in [4.69, 9.17) is 9.47 Å². The summed E-state index contributed by atoms with van der Waals surface area (Å²) in [5, 5.41) is 18.6. The minimum absolute atomic E-state index is 0.0599. The van der Waals surface area contributed by atoms with E-state index in [1.165, 1.54) is 18.3 Å². The highest BCUT2D eigenvalue weighted by molar-refractivity contribution is 5.29. The summed E-state index contributed by atoms with van der Waals surface area (Å²) in [6.45, 7) is 1.00. The summed E-state index contributed by atoms with van der Waals surface area (Å²) in [6, 6.07) is 4.62. The molecule has 1 atom stereocenters. The Morgan fingerprint density at radius 3 is 2.70 bits per heavy atom. The van der Waals surface area contributed by atoms with Crippen LogP contribution in [-0.2, 0) is 25.9 Å². The first-order valence-corrected chi connectivity index (χ1v) is 8.85. The fourth-order valence-electron chi connectivity index (χ4n) is 2.94. The van der Waals surface area contributed by atoms with Gasteiger partial charge in [0.15, 0.2) is 0 Å². The number of rotatable bonds is 7. The van der Waals surface area contributed by atoms with Crippen LogP contribution in [0, 0.1) is 10.1 Å². The lowest BCUT2D eigenvalue weighted by Gasteiger charge is -2.08. The molecule has 0 unspecified atom stereocenters. The third-order valence-electron chi connectivity index (χ3n) is 4.42. The first-order valence-electron chi connectivity index (χ1n) is 8.85. The monoisotopic (exact) mass is 424 g/mol. The minimum atomic E-state index is -4.39. The number of aromatic nitrogens is 5. The molecule has 3 heterocycles. The molecule has 1 aliphatic heterocycles. The van der Waals surface area contributed by atoms with Gasteiger partial charge in [-0.25, -0.2) is 0 Å². The first-order chi connectivity index (χ1) is 14.3. The van der Waals surface area contributed by atoms with E-state index in [-0.39, 0.29) is 24.5 Å². The Morgan fingerprint density at radius 1 is 1.27 bits per heavy atom. The van der Waals surface area contributed by atoms with Gasteiger partial charge in [-0.2, -0.15) is 13.2 Å². The van der Waals surface area contributed by atoms with Crippen LogP contribution in [0.5, 0.6) is 11.8 Å². The molecule has 0 N–H and O–H groups in total. The van der Waals surface area contributed by atoms with Crippen molar-refractivity contribution < 1.29 is 27.6 Å². The highest BCUT2D eigenvalue weighted by Gasteiger charge is 2.31. The van der Waals surface area contributed by atoms with Crippen molar-refractivity contribution in [3.05, 3.63) is 58.0 Å². The number of imidazole rings is 1. The number of alkyl halides is 3. The van der Waals surface area contributed by atoms with Crippen molar-refractivity contribution in [2.45, 2.75) is 38.4 Å². The number of benzene rings is 1. The Labute approximate surface area is 167 Å². The standard InChI is InChI=1S/C17H15F3N6O4/c18-17(19,20)11-1-3-13(4-2-11)29-10-12-7-25(23-22-12)6-5-14-8-24-9-15(26(27)28)21-16(24)30-14/h1-4,7,9,14H,5-6,8,10H2/t14-/m1/s1. The molecule has 158 valence electrons. The number of aryl methyl sites for hydroxylation is 1. The van der Waals surface area contributed by atoms with Gasteiger partial charge in [0.1, 0.15) is 30.4 Å². The van der Waals surface area contributed by atoms with Gasteiger partial charge in [-0.15, -0.1) is 5.10 Å². The molecule has 1 aliphatic rings. The first kappa shape index (κ1) is 19.7. The third-order valence-corrected chi connectivity index (χ3v) is 4.42. The number of nitrogens with zero attached hydrogens (tertiary/aromatic N) is 6. The Bertz CT molecular complexity index is 1020. The molecule has 30 heavy (non-hydrogen) atoms. The van der Waals surface area contributed by atoms with E-state index in [0.29, 0.717) is 31.0 Å². The molecule has 13 heteroatoms. The van der Waals surface area contributed by atoms with Gasteiger partial charge < -0.3 is 19.6 Å². The van der Waals surface area contributed by atoms with Crippen LogP contribution in [0.15, 0.2) is 36.7 Å². The molecular formula is C17H15F3N6O4. The minimum Gasteiger partial charge on any atom is -0.487 e. The van der Waals surface area contributed by atoms with Gasteiger partial charge in [-0.3, -0.25) is 9.25 Å². The van der Waals surface area contributed by atoms with Gasteiger partial charge in [-0.1, -0.05) is 5.21 Å². The Kier molecular flexibility index (Phi) is 5.01. The van der Waals surface area contributed by atoms with Crippen LogP contribution < -0.4 is 9.47 Å². The second-order valence-electron chi connectivity index (χ2n) is 6.60. The van der Waals surface area contributed by atoms with E-state index in [2.05, 4.69) is 15.3 Å². The third kappa shape index (κ3) is 4.34. The number of nitro groups is 1. The molecule has 0 aliphatic carbocycles. The predicted octanol–water partition coefficient (Wildman–Crippen LogP) is 2.83. The largest absolute Gasteiger partial charge is 0.487 e. The molecule has 0 spiro atoms. The number of hydrogen-bond donors (Lipinski definition) is 0. The van der Waals surface area contributed by atoms with Crippen LogP contribution >= 0.6 is 0 Å². The quantitative estimate of drug-likeness (QED) is 0.424. The zero-order chi connectivity index (χ0) is 21.3. The van der Waals surface area contributed by atoms with E-state index in [0.717, 1.165) is 12.1 Å². The molecule has 0 amide bonds. The summed E-state index contributed by atoms with van der Waals surface area (Å²) >= 11 is 0. The lowest BCUT2D eigenvalue weighted by Crippen LogP contribution is -2.17. The smallest absolute Gasteiger partial charge is 0.416 e. The van der Waals surface area contributed by atoms with E-state index >= 15 is 0 Å². The molecule has 0 radical (unpaired) electrons. The van der Waals surface area contributed by atoms with E-state index < -0.39 is 16.7 Å². The zero-order valence-corrected chi connectivity index (χ0v) is 15.3. The Morgan fingerprint density at radius 2 is 2.03 bits per heavy atom. The second-order valence-corrected chi connectivity index (χ2v) is 6.60. The molecule has 4 rings (SSSR count). The van der Waals surface area contributed by atoms with Gasteiger partial charge in [-0.05, 0) is 29.2 Å². The fourth-order valence-corrected chi connectivity index (χ4v) is 2.94. The van der Waals surface area contributed by atoms with Crippen LogP contribution in [0.2, 0.25) is 0 Å². The van der Waals surface area contributed by atoms with E-state index in [1.807, 2.05) is 0 Å². The van der Waals surface area contributed by atoms with Crippen molar-refractivity contribution in [1.29, 1.82) is 0 Å². The van der Waals surface area contributed by atoms with Crippen molar-refractivity contribution in [3.63, 3.8) is 0 Å². The van der Waals surface area contributed by atoms with E-state index in [9.17, 15) is 23.3 Å². The van der Waals surface area contributed by atoms with Crippen LogP contribution in [0.1, 0.15) is 17.7 Å². The molecule has 0 saturated carbocycles. The molecule has 0 bridgehead atoms. The van der Waals surface area contributed by atoms with Crippen molar-refractivity contribution in [2.75, 3.05) is 0 Å². The summed E-state index contributed by atoms with van der Waals surface area (Å²) in [4.78, 5) is 13.9. The lowest BCUT2D eigenvalue weighted by molar-refractivity contribution is -0.389. The van der Waals surface area contributed by atoms with Gasteiger partial charge in [0.25, 0.3) is 0 Å². The molecule has 0 fully saturated rings. The van der Waals surface area contributed by atoms with Gasteiger partial charge in [0.05, 0.1) is 18.3 Å². The highest BCUT2D eigenvalue weighted by Crippen LogP contribution is 2.30. The summed E-state index contributed by atoms with van der Waals surface area (Å²) in [7, 11) is 0. The van der Waals surface area contributed by atoms with E-state index in [1.54, 1.807) is 15.4 Å². The average molecular weight is 424 g/mol. The predicted molar refractivity (Wildman–Crippen MR) is 93.7 cm³/mol. The second kappa shape index (κ2) is 7.65. The maximum absolute atomic E-state index is 12.6. The summed E-state index contributed by atoms with van der Waals surface area (Å²) in [5.74, 6) is 0.0397. The molecule has 3 aromatic rings. The fraction of sp³-hybridized carbons (Fsp3) is 0.353. The molecule has 10 nitrogen and oxygen atoms in total. The van der Waals surface area contributed by atoms with Crippen molar-refractivity contribution in [3.8, 4) is 11.8 Å². The molecular weight excluding hydrogens is 409 g/mol.